The van der Waals surface area contributed by atoms with E-state index in [2.05, 4.69) is 26.0 Å². The summed E-state index contributed by atoms with van der Waals surface area (Å²) in [5, 5.41) is 0. The van der Waals surface area contributed by atoms with Crippen molar-refractivity contribution in [2.24, 2.45) is 0 Å². The topological polar surface area (TPSA) is 63.6 Å². The fourth-order valence-electron chi connectivity index (χ4n) is 3.87. The summed E-state index contributed by atoms with van der Waals surface area (Å²) in [6.07, 6.45) is 17.7. The van der Waals surface area contributed by atoms with Crippen LogP contribution in [0.15, 0.2) is 18.2 Å². The van der Waals surface area contributed by atoms with Gasteiger partial charge in [0.2, 0.25) is 0 Å². The Hall–Kier alpha value is -1.07. The second-order valence-electron chi connectivity index (χ2n) is 8.42. The zero-order valence-electron chi connectivity index (χ0n) is 19.3. The Kier molecular flexibility index (Phi) is 14.9. The molecule has 0 fully saturated rings. The van der Waals surface area contributed by atoms with Gasteiger partial charge in [0.1, 0.15) is 5.75 Å². The van der Waals surface area contributed by atoms with Crippen LogP contribution in [0.4, 0.5) is 0 Å². The van der Waals surface area contributed by atoms with Crippen molar-refractivity contribution >= 4 is 10.1 Å². The maximum atomic E-state index is 10.9. The first-order chi connectivity index (χ1) is 14.5. The molecule has 0 spiro atoms. The van der Waals surface area contributed by atoms with Gasteiger partial charge in [-0.05, 0) is 49.3 Å². The van der Waals surface area contributed by atoms with E-state index in [0.29, 0.717) is 13.0 Å². The van der Waals surface area contributed by atoms with E-state index in [1.807, 2.05) is 6.07 Å². The number of hydrogen-bond donors (Lipinski definition) is 1. The average Bonchev–Trinajstić information content (AvgIpc) is 2.71. The first-order valence-electron chi connectivity index (χ1n) is 12.2. The first kappa shape index (κ1) is 27.0. The molecule has 1 aromatic carbocycles. The lowest BCUT2D eigenvalue weighted by atomic mass is 9.95. The first-order valence-corrected chi connectivity index (χ1v) is 13.8. The van der Waals surface area contributed by atoms with E-state index >= 15 is 0 Å². The molecule has 0 atom stereocenters. The molecule has 0 amide bonds. The molecule has 0 radical (unpaired) electrons. The molecule has 0 aliphatic carbocycles. The highest BCUT2D eigenvalue weighted by molar-refractivity contribution is 7.85. The summed E-state index contributed by atoms with van der Waals surface area (Å²) in [6, 6.07) is 6.28. The fraction of sp³-hybridized carbons (Fsp3) is 0.760. The molecule has 0 bridgehead atoms. The number of hydrogen-bond acceptors (Lipinski definition) is 3. The van der Waals surface area contributed by atoms with E-state index in [1.54, 1.807) is 0 Å². The summed E-state index contributed by atoms with van der Waals surface area (Å²) in [5.74, 6) is 0.638. The average molecular weight is 441 g/mol. The second kappa shape index (κ2) is 16.6. The number of aryl methyl sites for hydroxylation is 1. The molecule has 0 unspecified atom stereocenters. The maximum absolute atomic E-state index is 10.9. The highest BCUT2D eigenvalue weighted by Gasteiger charge is 2.11. The number of benzene rings is 1. The van der Waals surface area contributed by atoms with Crippen molar-refractivity contribution in [1.29, 1.82) is 0 Å². The maximum Gasteiger partial charge on any atom is 0.264 e. The Balaban J connectivity index is 2.63. The van der Waals surface area contributed by atoms with Gasteiger partial charge in [0.25, 0.3) is 10.1 Å². The summed E-state index contributed by atoms with van der Waals surface area (Å²) in [4.78, 5) is 0. The van der Waals surface area contributed by atoms with Gasteiger partial charge in [-0.15, -0.1) is 0 Å². The Bertz CT molecular complexity index is 655. The molecule has 0 aliphatic heterocycles. The van der Waals surface area contributed by atoms with Crippen molar-refractivity contribution in [2.75, 3.05) is 12.4 Å². The van der Waals surface area contributed by atoms with E-state index < -0.39 is 10.1 Å². The summed E-state index contributed by atoms with van der Waals surface area (Å²) >= 11 is 0. The zero-order chi connectivity index (χ0) is 22.1. The van der Waals surface area contributed by atoms with Crippen LogP contribution in [0.1, 0.15) is 108 Å². The van der Waals surface area contributed by atoms with E-state index in [4.69, 9.17) is 9.29 Å². The third-order valence-corrected chi connectivity index (χ3v) is 6.42. The third-order valence-electron chi connectivity index (χ3n) is 5.61. The van der Waals surface area contributed by atoms with Crippen molar-refractivity contribution in [2.45, 2.75) is 110 Å². The van der Waals surface area contributed by atoms with Crippen LogP contribution in [-0.4, -0.2) is 25.3 Å². The number of ether oxygens (including phenoxy) is 1. The van der Waals surface area contributed by atoms with Crippen LogP contribution in [0.3, 0.4) is 0 Å². The molecule has 174 valence electrons. The van der Waals surface area contributed by atoms with Crippen LogP contribution in [0, 0.1) is 0 Å². The molecule has 0 saturated carbocycles. The normalized spacial score (nSPS) is 11.7. The molecular formula is C25H44O4S. The Labute approximate surface area is 185 Å². The standard InChI is InChI=1S/C25H44O4S/c1-3-5-7-9-11-13-17-23-18-15-20-25(29-21-16-22-30(26,27)28)24(23)19-14-12-10-8-6-4-2/h15,18,20H,3-14,16-17,19,21-22H2,1-2H3,(H,26,27,28). The molecule has 4 nitrogen and oxygen atoms in total. The molecule has 1 N–H and O–H groups in total. The molecule has 1 rings (SSSR count). The molecule has 0 aliphatic rings. The Morgan fingerprint density at radius 2 is 1.33 bits per heavy atom. The summed E-state index contributed by atoms with van der Waals surface area (Å²) in [5.41, 5.74) is 2.68. The third kappa shape index (κ3) is 13.3. The van der Waals surface area contributed by atoms with Gasteiger partial charge in [-0.2, -0.15) is 8.42 Å². The molecule has 0 heterocycles. The number of rotatable bonds is 19. The molecule has 30 heavy (non-hydrogen) atoms. The van der Waals surface area contributed by atoms with Gasteiger partial charge in [-0.3, -0.25) is 4.55 Å². The highest BCUT2D eigenvalue weighted by Crippen LogP contribution is 2.27. The van der Waals surface area contributed by atoms with Gasteiger partial charge in [-0.1, -0.05) is 90.2 Å². The monoisotopic (exact) mass is 440 g/mol. The Morgan fingerprint density at radius 3 is 1.93 bits per heavy atom. The lowest BCUT2D eigenvalue weighted by molar-refractivity contribution is 0.312. The molecule has 5 heteroatoms. The lowest BCUT2D eigenvalue weighted by Crippen LogP contribution is -2.10. The minimum atomic E-state index is -3.92. The van der Waals surface area contributed by atoms with Crippen molar-refractivity contribution in [3.8, 4) is 5.75 Å². The largest absolute Gasteiger partial charge is 0.493 e. The lowest BCUT2D eigenvalue weighted by Gasteiger charge is -2.16. The quantitative estimate of drug-likeness (QED) is 0.183. The fourth-order valence-corrected chi connectivity index (χ4v) is 4.35. The summed E-state index contributed by atoms with van der Waals surface area (Å²) in [6.45, 7) is 4.80. The smallest absolute Gasteiger partial charge is 0.264 e. The summed E-state index contributed by atoms with van der Waals surface area (Å²) < 4.78 is 36.7. The molecule has 1 aromatic rings. The van der Waals surface area contributed by atoms with Gasteiger partial charge in [0.05, 0.1) is 12.4 Å². The second-order valence-corrected chi connectivity index (χ2v) is 9.99. The van der Waals surface area contributed by atoms with Crippen LogP contribution in [0.5, 0.6) is 5.75 Å². The van der Waals surface area contributed by atoms with E-state index in [1.165, 1.54) is 88.2 Å². The molecular weight excluding hydrogens is 396 g/mol. The van der Waals surface area contributed by atoms with E-state index in [9.17, 15) is 8.42 Å². The predicted octanol–water partition coefficient (Wildman–Crippen LogP) is 7.15. The highest BCUT2D eigenvalue weighted by atomic mass is 32.2. The van der Waals surface area contributed by atoms with Crippen molar-refractivity contribution in [1.82, 2.24) is 0 Å². The van der Waals surface area contributed by atoms with Crippen molar-refractivity contribution in [3.63, 3.8) is 0 Å². The van der Waals surface area contributed by atoms with E-state index in [0.717, 1.165) is 18.6 Å². The zero-order valence-corrected chi connectivity index (χ0v) is 20.1. The van der Waals surface area contributed by atoms with E-state index in [-0.39, 0.29) is 5.75 Å². The van der Waals surface area contributed by atoms with Gasteiger partial charge in [0.15, 0.2) is 0 Å². The van der Waals surface area contributed by atoms with Crippen molar-refractivity contribution in [3.05, 3.63) is 29.3 Å². The van der Waals surface area contributed by atoms with Crippen LogP contribution < -0.4 is 4.74 Å². The van der Waals surface area contributed by atoms with Gasteiger partial charge >= 0.3 is 0 Å². The molecule has 0 aromatic heterocycles. The minimum absolute atomic E-state index is 0.253. The predicted molar refractivity (Wildman–Crippen MR) is 127 cm³/mol. The van der Waals surface area contributed by atoms with Crippen LogP contribution in [0.25, 0.3) is 0 Å². The number of unbranched alkanes of at least 4 members (excludes halogenated alkanes) is 10. The van der Waals surface area contributed by atoms with Gasteiger partial charge in [0, 0.05) is 0 Å². The SMILES string of the molecule is CCCCCCCCc1cccc(OCCCS(=O)(=O)O)c1CCCCCCCC. The molecule has 0 saturated heterocycles. The van der Waals surface area contributed by atoms with Crippen LogP contribution in [-0.2, 0) is 23.0 Å². The minimum Gasteiger partial charge on any atom is -0.493 e. The van der Waals surface area contributed by atoms with Gasteiger partial charge in [-0.25, -0.2) is 0 Å². The van der Waals surface area contributed by atoms with Crippen LogP contribution in [0.2, 0.25) is 0 Å². The van der Waals surface area contributed by atoms with Crippen LogP contribution >= 0.6 is 0 Å². The van der Waals surface area contributed by atoms with Crippen molar-refractivity contribution < 1.29 is 17.7 Å². The van der Waals surface area contributed by atoms with Gasteiger partial charge < -0.3 is 4.74 Å². The summed E-state index contributed by atoms with van der Waals surface area (Å²) in [7, 11) is -3.92. The Morgan fingerprint density at radius 1 is 0.767 bits per heavy atom.